The van der Waals surface area contributed by atoms with Crippen molar-refractivity contribution >= 4 is 46.0 Å². The second-order valence-corrected chi connectivity index (χ2v) is 8.59. The first-order chi connectivity index (χ1) is 12.1. The summed E-state index contributed by atoms with van der Waals surface area (Å²) in [5, 5.41) is 14.1. The maximum absolute atomic E-state index is 9.90. The van der Waals surface area contributed by atoms with E-state index in [2.05, 4.69) is 64.3 Å². The Morgan fingerprint density at radius 2 is 1.80 bits per heavy atom. The van der Waals surface area contributed by atoms with Crippen LogP contribution < -0.4 is 5.32 Å². The first-order valence-corrected chi connectivity index (χ1v) is 9.95. The minimum atomic E-state index is -0.523. The molecule has 2 aliphatic carbocycles. The number of fused-ring (bicyclic) bond motifs is 2. The predicted octanol–water partition coefficient (Wildman–Crippen LogP) is 6.32. The van der Waals surface area contributed by atoms with Crippen LogP contribution in [-0.4, -0.2) is 5.54 Å². The van der Waals surface area contributed by atoms with Gasteiger partial charge >= 0.3 is 0 Å². The summed E-state index contributed by atoms with van der Waals surface area (Å²) in [6.45, 7) is 0. The van der Waals surface area contributed by atoms with Gasteiger partial charge in [-0.1, -0.05) is 41.9 Å². The largest absolute Gasteiger partial charge is 0.367 e. The zero-order valence-electron chi connectivity index (χ0n) is 13.7. The van der Waals surface area contributed by atoms with E-state index < -0.39 is 5.54 Å². The van der Waals surface area contributed by atoms with Crippen LogP contribution in [-0.2, 0) is 5.41 Å². The summed E-state index contributed by atoms with van der Waals surface area (Å²) in [6, 6.07) is 18.9. The number of rotatable bonds is 2. The van der Waals surface area contributed by atoms with Crippen LogP contribution in [0, 0.1) is 11.3 Å². The maximum Gasteiger partial charge on any atom is 0.125 e. The summed E-state index contributed by atoms with van der Waals surface area (Å²) in [5.41, 5.74) is 3.24. The molecule has 1 saturated carbocycles. The van der Waals surface area contributed by atoms with E-state index in [4.69, 9.17) is 11.6 Å². The summed E-state index contributed by atoms with van der Waals surface area (Å²) in [7, 11) is 0. The van der Waals surface area contributed by atoms with Crippen LogP contribution in [0.15, 0.2) is 52.1 Å². The van der Waals surface area contributed by atoms with Crippen LogP contribution in [0.25, 0.3) is 6.08 Å². The van der Waals surface area contributed by atoms with E-state index in [9.17, 15) is 5.26 Å². The fourth-order valence-electron chi connectivity index (χ4n) is 4.18. The first kappa shape index (κ1) is 16.9. The Morgan fingerprint density at radius 1 is 1.04 bits per heavy atom. The highest BCUT2D eigenvalue weighted by Crippen LogP contribution is 2.55. The zero-order chi connectivity index (χ0) is 17.5. The Labute approximate surface area is 167 Å². The van der Waals surface area contributed by atoms with Crippen molar-refractivity contribution in [3.8, 4) is 6.07 Å². The van der Waals surface area contributed by atoms with Crippen molar-refractivity contribution in [2.24, 2.45) is 0 Å². The van der Waals surface area contributed by atoms with Crippen LogP contribution in [0.3, 0.4) is 0 Å². The molecule has 2 aromatic carbocycles. The second-order valence-electron chi connectivity index (χ2n) is 6.99. The van der Waals surface area contributed by atoms with Crippen molar-refractivity contribution in [3.05, 3.63) is 68.3 Å². The number of halogens is 2. The van der Waals surface area contributed by atoms with Gasteiger partial charge in [0.1, 0.15) is 5.54 Å². The number of nitriles is 1. The van der Waals surface area contributed by atoms with Gasteiger partial charge in [-0.25, -0.2) is 0 Å². The van der Waals surface area contributed by atoms with Gasteiger partial charge in [-0.2, -0.15) is 5.26 Å². The van der Waals surface area contributed by atoms with Gasteiger partial charge in [0.05, 0.1) is 6.07 Å². The van der Waals surface area contributed by atoms with Crippen molar-refractivity contribution in [1.82, 2.24) is 0 Å². The monoisotopic (exact) mass is 460 g/mol. The highest BCUT2D eigenvalue weighted by atomic mass is 127. The van der Waals surface area contributed by atoms with Gasteiger partial charge in [0, 0.05) is 19.7 Å². The van der Waals surface area contributed by atoms with Crippen molar-refractivity contribution in [2.75, 3.05) is 5.32 Å². The highest BCUT2D eigenvalue weighted by Gasteiger charge is 2.48. The quantitative estimate of drug-likeness (QED) is 0.533. The highest BCUT2D eigenvalue weighted by molar-refractivity contribution is 14.1. The van der Waals surface area contributed by atoms with E-state index in [0.717, 1.165) is 31.4 Å². The second kappa shape index (κ2) is 6.34. The Morgan fingerprint density at radius 3 is 2.52 bits per heavy atom. The lowest BCUT2D eigenvalue weighted by atomic mass is 9.65. The molecule has 126 valence electrons. The number of allylic oxidation sites excluding steroid dienone is 1. The maximum atomic E-state index is 9.90. The Bertz CT molecular complexity index is 889. The molecule has 0 radical (unpaired) electrons. The normalized spacial score (nSPS) is 27.5. The number of nitrogens with one attached hydrogen (secondary N) is 1. The van der Waals surface area contributed by atoms with Gasteiger partial charge in [-0.15, -0.1) is 0 Å². The van der Waals surface area contributed by atoms with E-state index in [1.807, 2.05) is 24.3 Å². The molecule has 2 aliphatic rings. The average molecular weight is 461 g/mol. The lowest BCUT2D eigenvalue weighted by Gasteiger charge is -2.43. The third-order valence-electron chi connectivity index (χ3n) is 5.60. The van der Waals surface area contributed by atoms with Crippen LogP contribution >= 0.6 is 34.2 Å². The molecule has 0 saturated heterocycles. The number of nitrogens with zero attached hydrogens (tertiary/aromatic N) is 1. The molecule has 1 fully saturated rings. The van der Waals surface area contributed by atoms with Gasteiger partial charge < -0.3 is 5.32 Å². The molecule has 0 bridgehead atoms. The van der Waals surface area contributed by atoms with E-state index in [0.29, 0.717) is 5.02 Å². The van der Waals surface area contributed by atoms with Gasteiger partial charge in [0.15, 0.2) is 0 Å². The SMILES string of the molecule is N#CC1(Nc2cccc(Cl)c2)CCC2(CC1)C(I)=Cc1ccccc12. The van der Waals surface area contributed by atoms with Crippen molar-refractivity contribution in [3.63, 3.8) is 0 Å². The molecular weight excluding hydrogens is 443 g/mol. The Hall–Kier alpha value is -1.51. The average Bonchev–Trinajstić information content (AvgIpc) is 2.89. The number of anilines is 1. The third kappa shape index (κ3) is 2.86. The molecular formula is C21H18ClIN2. The fourth-order valence-corrected chi connectivity index (χ4v) is 5.54. The molecule has 2 nitrogen and oxygen atoms in total. The number of hydrogen-bond acceptors (Lipinski definition) is 2. The third-order valence-corrected chi connectivity index (χ3v) is 7.17. The number of hydrogen-bond donors (Lipinski definition) is 1. The molecule has 1 N–H and O–H groups in total. The van der Waals surface area contributed by atoms with E-state index in [-0.39, 0.29) is 5.41 Å². The van der Waals surface area contributed by atoms with E-state index >= 15 is 0 Å². The van der Waals surface area contributed by atoms with Crippen LogP contribution in [0.2, 0.25) is 5.02 Å². The molecule has 25 heavy (non-hydrogen) atoms. The summed E-state index contributed by atoms with van der Waals surface area (Å²) >= 11 is 8.59. The molecule has 0 unspecified atom stereocenters. The lowest BCUT2D eigenvalue weighted by molar-refractivity contribution is 0.296. The summed E-state index contributed by atoms with van der Waals surface area (Å²) in [6.07, 6.45) is 5.93. The lowest BCUT2D eigenvalue weighted by Crippen LogP contribution is -2.45. The molecule has 0 aromatic heterocycles. The number of benzene rings is 2. The molecule has 1 spiro atoms. The van der Waals surface area contributed by atoms with Gasteiger partial charge in [0.25, 0.3) is 0 Å². The van der Waals surface area contributed by atoms with Gasteiger partial charge in [-0.05, 0) is 83.7 Å². The molecule has 0 atom stereocenters. The van der Waals surface area contributed by atoms with Crippen molar-refractivity contribution < 1.29 is 0 Å². The Balaban J connectivity index is 1.60. The molecule has 2 aromatic rings. The molecule has 4 heteroatoms. The summed E-state index contributed by atoms with van der Waals surface area (Å²) in [4.78, 5) is 0. The fraction of sp³-hybridized carbons (Fsp3) is 0.286. The van der Waals surface area contributed by atoms with Crippen molar-refractivity contribution in [2.45, 2.75) is 36.6 Å². The van der Waals surface area contributed by atoms with Crippen molar-refractivity contribution in [1.29, 1.82) is 5.26 Å². The molecule has 0 aliphatic heterocycles. The van der Waals surface area contributed by atoms with Gasteiger partial charge in [0.2, 0.25) is 0 Å². The van der Waals surface area contributed by atoms with Crippen LogP contribution in [0.4, 0.5) is 5.69 Å². The van der Waals surface area contributed by atoms with Gasteiger partial charge in [-0.3, -0.25) is 0 Å². The van der Waals surface area contributed by atoms with Crippen LogP contribution in [0.5, 0.6) is 0 Å². The predicted molar refractivity (Wildman–Crippen MR) is 112 cm³/mol. The summed E-state index contributed by atoms with van der Waals surface area (Å²) in [5.74, 6) is 0. The Kier molecular flexibility index (Phi) is 4.29. The minimum Gasteiger partial charge on any atom is -0.367 e. The molecule has 0 amide bonds. The first-order valence-electron chi connectivity index (χ1n) is 8.49. The molecule has 0 heterocycles. The summed E-state index contributed by atoms with van der Waals surface area (Å²) < 4.78 is 1.40. The van der Waals surface area contributed by atoms with E-state index in [1.54, 1.807) is 0 Å². The van der Waals surface area contributed by atoms with Crippen LogP contribution in [0.1, 0.15) is 36.8 Å². The minimum absolute atomic E-state index is 0.0908. The smallest absolute Gasteiger partial charge is 0.125 e. The zero-order valence-corrected chi connectivity index (χ0v) is 16.6. The molecule has 4 rings (SSSR count). The standard InChI is InChI=1S/C21H18ClIN2/c22-16-5-3-6-17(13-16)25-20(14-24)8-10-21(11-9-20)18-7-2-1-4-15(18)12-19(21)23/h1-7,12-13,25H,8-11H2. The topological polar surface area (TPSA) is 35.8 Å². The van der Waals surface area contributed by atoms with E-state index in [1.165, 1.54) is 14.7 Å².